The van der Waals surface area contributed by atoms with E-state index in [-0.39, 0.29) is 11.8 Å². The number of nitrogen functional groups attached to an aromatic ring is 1. The molecule has 8 heteroatoms. The van der Waals surface area contributed by atoms with Gasteiger partial charge in [0.1, 0.15) is 11.4 Å². The van der Waals surface area contributed by atoms with Crippen LogP contribution in [0.1, 0.15) is 18.4 Å². The van der Waals surface area contributed by atoms with Crippen molar-refractivity contribution in [1.82, 2.24) is 15.3 Å². The number of aromatic nitrogens is 2. The van der Waals surface area contributed by atoms with Crippen molar-refractivity contribution in [3.8, 4) is 0 Å². The number of hydrogen-bond donors (Lipinski definition) is 3. The number of anilines is 2. The van der Waals surface area contributed by atoms with E-state index in [9.17, 15) is 13.2 Å². The summed E-state index contributed by atoms with van der Waals surface area (Å²) in [5, 5.41) is 5.96. The Morgan fingerprint density at radius 1 is 1.37 bits per heavy atom. The van der Waals surface area contributed by atoms with Crippen molar-refractivity contribution >= 4 is 11.8 Å². The highest BCUT2D eigenvalue weighted by atomic mass is 19.4. The standard InChI is InChI=1S/C11H16F3N5/c12-11(13,14)8-6-18-10(15)19-9(8)17-5-7-1-3-16-4-2-7/h6-7,16H,1-5H2,(H3,15,17,18,19). The highest BCUT2D eigenvalue weighted by Gasteiger charge is 2.35. The van der Waals surface area contributed by atoms with Gasteiger partial charge in [-0.2, -0.15) is 18.2 Å². The summed E-state index contributed by atoms with van der Waals surface area (Å²) in [5.41, 5.74) is 4.46. The van der Waals surface area contributed by atoms with Crippen molar-refractivity contribution < 1.29 is 13.2 Å². The Hall–Kier alpha value is -1.57. The second-order valence-corrected chi connectivity index (χ2v) is 4.56. The summed E-state index contributed by atoms with van der Waals surface area (Å²) in [6.07, 6.45) is -1.89. The van der Waals surface area contributed by atoms with E-state index in [0.29, 0.717) is 18.7 Å². The molecular formula is C11H16F3N5. The molecule has 0 aromatic carbocycles. The number of hydrogen-bond acceptors (Lipinski definition) is 5. The summed E-state index contributed by atoms with van der Waals surface area (Å²) >= 11 is 0. The van der Waals surface area contributed by atoms with Gasteiger partial charge in [0.2, 0.25) is 5.95 Å². The maximum Gasteiger partial charge on any atom is 0.421 e. The van der Waals surface area contributed by atoms with Crippen molar-refractivity contribution in [2.24, 2.45) is 5.92 Å². The zero-order valence-corrected chi connectivity index (χ0v) is 10.3. The molecule has 1 aromatic heterocycles. The van der Waals surface area contributed by atoms with Crippen LogP contribution in [-0.2, 0) is 6.18 Å². The zero-order valence-electron chi connectivity index (χ0n) is 10.3. The smallest absolute Gasteiger partial charge is 0.369 e. The molecule has 0 spiro atoms. The van der Waals surface area contributed by atoms with Crippen LogP contribution in [0.5, 0.6) is 0 Å². The van der Waals surface area contributed by atoms with E-state index in [1.807, 2.05) is 0 Å². The molecule has 2 heterocycles. The maximum absolute atomic E-state index is 12.8. The van der Waals surface area contributed by atoms with Crippen LogP contribution in [0, 0.1) is 5.92 Å². The molecular weight excluding hydrogens is 259 g/mol. The molecule has 0 radical (unpaired) electrons. The minimum atomic E-state index is -4.48. The van der Waals surface area contributed by atoms with Crippen LogP contribution in [0.25, 0.3) is 0 Å². The van der Waals surface area contributed by atoms with Gasteiger partial charge in [-0.15, -0.1) is 0 Å². The Bertz CT molecular complexity index is 429. The summed E-state index contributed by atoms with van der Waals surface area (Å²) in [6.45, 7) is 2.25. The van der Waals surface area contributed by atoms with Gasteiger partial charge >= 0.3 is 6.18 Å². The normalized spacial score (nSPS) is 17.4. The molecule has 1 saturated heterocycles. The molecule has 0 amide bonds. The second-order valence-electron chi connectivity index (χ2n) is 4.56. The highest BCUT2D eigenvalue weighted by molar-refractivity contribution is 5.47. The fraction of sp³-hybridized carbons (Fsp3) is 0.636. The fourth-order valence-corrected chi connectivity index (χ4v) is 2.06. The molecule has 19 heavy (non-hydrogen) atoms. The predicted octanol–water partition coefficient (Wildman–Crippen LogP) is 1.49. The van der Waals surface area contributed by atoms with Crippen molar-refractivity contribution in [3.63, 3.8) is 0 Å². The molecule has 1 aliphatic heterocycles. The van der Waals surface area contributed by atoms with Gasteiger partial charge < -0.3 is 16.4 Å². The van der Waals surface area contributed by atoms with Gasteiger partial charge in [0.05, 0.1) is 0 Å². The van der Waals surface area contributed by atoms with E-state index in [0.717, 1.165) is 25.9 Å². The zero-order chi connectivity index (χ0) is 13.9. The molecule has 1 aliphatic rings. The third-order valence-electron chi connectivity index (χ3n) is 3.13. The lowest BCUT2D eigenvalue weighted by molar-refractivity contribution is -0.137. The molecule has 0 bridgehead atoms. The Labute approximate surface area is 108 Å². The van der Waals surface area contributed by atoms with Gasteiger partial charge in [0, 0.05) is 12.7 Å². The van der Waals surface area contributed by atoms with Crippen LogP contribution in [0.4, 0.5) is 24.9 Å². The van der Waals surface area contributed by atoms with Crippen molar-refractivity contribution in [3.05, 3.63) is 11.8 Å². The number of nitrogens with zero attached hydrogens (tertiary/aromatic N) is 2. The van der Waals surface area contributed by atoms with Crippen LogP contribution in [0.15, 0.2) is 6.20 Å². The third kappa shape index (κ3) is 3.69. The summed E-state index contributed by atoms with van der Waals surface area (Å²) in [4.78, 5) is 7.04. The first-order valence-corrected chi connectivity index (χ1v) is 6.11. The van der Waals surface area contributed by atoms with Gasteiger partial charge in [-0.05, 0) is 31.8 Å². The first-order valence-electron chi connectivity index (χ1n) is 6.11. The highest BCUT2D eigenvalue weighted by Crippen LogP contribution is 2.33. The Morgan fingerprint density at radius 2 is 2.05 bits per heavy atom. The first-order chi connectivity index (χ1) is 8.97. The van der Waals surface area contributed by atoms with Gasteiger partial charge in [-0.1, -0.05) is 0 Å². The lowest BCUT2D eigenvalue weighted by Gasteiger charge is -2.23. The molecule has 0 unspecified atom stereocenters. The van der Waals surface area contributed by atoms with Crippen LogP contribution in [0.3, 0.4) is 0 Å². The van der Waals surface area contributed by atoms with Gasteiger partial charge in [-0.3, -0.25) is 0 Å². The van der Waals surface area contributed by atoms with Crippen LogP contribution in [-0.4, -0.2) is 29.6 Å². The predicted molar refractivity (Wildman–Crippen MR) is 65.5 cm³/mol. The van der Waals surface area contributed by atoms with Crippen LogP contribution < -0.4 is 16.4 Å². The van der Waals surface area contributed by atoms with Crippen molar-refractivity contribution in [2.75, 3.05) is 30.7 Å². The average molecular weight is 275 g/mol. The molecule has 0 saturated carbocycles. The molecule has 2 rings (SSSR count). The fourth-order valence-electron chi connectivity index (χ4n) is 2.06. The quantitative estimate of drug-likeness (QED) is 0.779. The molecule has 1 fully saturated rings. The molecule has 0 aliphatic carbocycles. The number of alkyl halides is 3. The van der Waals surface area contributed by atoms with Crippen LogP contribution in [0.2, 0.25) is 0 Å². The Kier molecular flexibility index (Phi) is 4.08. The van der Waals surface area contributed by atoms with Crippen molar-refractivity contribution in [1.29, 1.82) is 0 Å². The molecule has 4 N–H and O–H groups in total. The number of rotatable bonds is 3. The number of halogens is 3. The summed E-state index contributed by atoms with van der Waals surface area (Å²) in [6, 6.07) is 0. The van der Waals surface area contributed by atoms with E-state index in [4.69, 9.17) is 5.73 Å². The minimum Gasteiger partial charge on any atom is -0.369 e. The van der Waals surface area contributed by atoms with Gasteiger partial charge in [0.15, 0.2) is 0 Å². The number of nitrogens with one attached hydrogen (secondary N) is 2. The SMILES string of the molecule is Nc1ncc(C(F)(F)F)c(NCC2CCNCC2)n1. The summed E-state index contributed by atoms with van der Waals surface area (Å²) in [7, 11) is 0. The maximum atomic E-state index is 12.8. The lowest BCUT2D eigenvalue weighted by Crippen LogP contribution is -2.31. The topological polar surface area (TPSA) is 75.9 Å². The molecule has 0 atom stereocenters. The third-order valence-corrected chi connectivity index (χ3v) is 3.13. The second kappa shape index (κ2) is 5.60. The van der Waals surface area contributed by atoms with E-state index < -0.39 is 11.7 Å². The Balaban J connectivity index is 2.07. The number of nitrogens with two attached hydrogens (primary N) is 1. The summed E-state index contributed by atoms with van der Waals surface area (Å²) < 4.78 is 38.3. The largest absolute Gasteiger partial charge is 0.421 e. The van der Waals surface area contributed by atoms with E-state index in [2.05, 4.69) is 20.6 Å². The van der Waals surface area contributed by atoms with Gasteiger partial charge in [-0.25, -0.2) is 4.98 Å². The molecule has 106 valence electrons. The van der Waals surface area contributed by atoms with E-state index >= 15 is 0 Å². The molecule has 5 nitrogen and oxygen atoms in total. The molecule has 1 aromatic rings. The monoisotopic (exact) mass is 275 g/mol. The average Bonchev–Trinajstić information content (AvgIpc) is 2.36. The lowest BCUT2D eigenvalue weighted by atomic mass is 9.98. The van der Waals surface area contributed by atoms with E-state index in [1.165, 1.54) is 0 Å². The summed E-state index contributed by atoms with van der Waals surface area (Å²) in [5.74, 6) is -0.0575. The first kappa shape index (κ1) is 13.9. The Morgan fingerprint density at radius 3 is 2.68 bits per heavy atom. The van der Waals surface area contributed by atoms with Crippen molar-refractivity contribution in [2.45, 2.75) is 19.0 Å². The van der Waals surface area contributed by atoms with E-state index in [1.54, 1.807) is 0 Å². The van der Waals surface area contributed by atoms with Crippen LogP contribution >= 0.6 is 0 Å². The number of piperidine rings is 1. The van der Waals surface area contributed by atoms with Gasteiger partial charge in [0.25, 0.3) is 0 Å². The minimum absolute atomic E-state index is 0.166.